The Morgan fingerprint density at radius 2 is 2.00 bits per heavy atom. The van der Waals surface area contributed by atoms with Crippen molar-refractivity contribution < 1.29 is 0 Å². The minimum absolute atomic E-state index is 0.0297. The maximum absolute atomic E-state index is 11.9. The van der Waals surface area contributed by atoms with E-state index >= 15 is 0 Å². The Kier molecular flexibility index (Phi) is 2.42. The molecule has 0 unspecified atom stereocenters. The van der Waals surface area contributed by atoms with Crippen molar-refractivity contribution in [2.75, 3.05) is 5.73 Å². The first-order chi connectivity index (χ1) is 8.25. The molecule has 2 aromatic rings. The molecule has 3 rings (SSSR count). The lowest BCUT2D eigenvalue weighted by molar-refractivity contribution is 0.336. The van der Waals surface area contributed by atoms with Gasteiger partial charge in [-0.1, -0.05) is 19.3 Å². The summed E-state index contributed by atoms with van der Waals surface area (Å²) in [5.41, 5.74) is 7.31. The third kappa shape index (κ3) is 1.73. The Bertz CT molecular complexity index is 590. The molecule has 3 N–H and O–H groups in total. The van der Waals surface area contributed by atoms with Crippen LogP contribution in [0.3, 0.4) is 0 Å². The average Bonchev–Trinajstić information content (AvgIpc) is 2.68. The molecule has 4 heteroatoms. The fourth-order valence-corrected chi connectivity index (χ4v) is 2.80. The van der Waals surface area contributed by atoms with Crippen LogP contribution in [-0.4, -0.2) is 9.78 Å². The molecule has 90 valence electrons. The maximum Gasteiger partial charge on any atom is 0.272 e. The number of nitrogens with one attached hydrogen (secondary N) is 1. The van der Waals surface area contributed by atoms with Crippen LogP contribution in [0.1, 0.15) is 38.1 Å². The molecule has 0 saturated heterocycles. The number of fused-ring (bicyclic) bond motifs is 1. The molecule has 1 aromatic heterocycles. The Morgan fingerprint density at radius 1 is 1.24 bits per heavy atom. The number of rotatable bonds is 1. The molecule has 1 saturated carbocycles. The van der Waals surface area contributed by atoms with E-state index in [1.54, 1.807) is 6.07 Å². The van der Waals surface area contributed by atoms with Crippen molar-refractivity contribution in [3.8, 4) is 0 Å². The Labute approximate surface area is 99.4 Å². The molecule has 1 fully saturated rings. The van der Waals surface area contributed by atoms with E-state index in [1.807, 2.05) is 16.8 Å². The molecule has 1 aliphatic carbocycles. The molecule has 4 nitrogen and oxygen atoms in total. The van der Waals surface area contributed by atoms with E-state index in [0.29, 0.717) is 17.1 Å². The SMILES string of the molecule is Nc1ccc2c(c1)c(=O)[nH]n2C1CCCCC1. The maximum atomic E-state index is 11.9. The van der Waals surface area contributed by atoms with Crippen LogP contribution in [0.25, 0.3) is 10.9 Å². The van der Waals surface area contributed by atoms with Gasteiger partial charge in [0.1, 0.15) is 0 Å². The van der Waals surface area contributed by atoms with Crippen LogP contribution < -0.4 is 11.3 Å². The molecule has 1 aromatic carbocycles. The number of hydrogen-bond donors (Lipinski definition) is 2. The summed E-state index contributed by atoms with van der Waals surface area (Å²) in [5, 5.41) is 3.66. The van der Waals surface area contributed by atoms with Gasteiger partial charge < -0.3 is 5.73 Å². The number of nitrogen functional groups attached to an aromatic ring is 1. The summed E-state index contributed by atoms with van der Waals surface area (Å²) in [6.07, 6.45) is 6.13. The number of benzene rings is 1. The van der Waals surface area contributed by atoms with Crippen LogP contribution in [0.2, 0.25) is 0 Å². The standard InChI is InChI=1S/C13H17N3O/c14-9-6-7-12-11(8-9)13(17)15-16(12)10-4-2-1-3-5-10/h6-8,10H,1-5,14H2,(H,15,17). The second kappa shape index (κ2) is 3.95. The predicted molar refractivity (Wildman–Crippen MR) is 69.1 cm³/mol. The van der Waals surface area contributed by atoms with E-state index < -0.39 is 0 Å². The van der Waals surface area contributed by atoms with Gasteiger partial charge in [0.25, 0.3) is 5.56 Å². The van der Waals surface area contributed by atoms with Gasteiger partial charge in [0, 0.05) is 5.69 Å². The summed E-state index contributed by atoms with van der Waals surface area (Å²) in [6, 6.07) is 6.00. The highest BCUT2D eigenvalue weighted by Crippen LogP contribution is 2.29. The van der Waals surface area contributed by atoms with Crippen LogP contribution in [0, 0.1) is 0 Å². The van der Waals surface area contributed by atoms with Crippen LogP contribution in [-0.2, 0) is 0 Å². The zero-order valence-corrected chi connectivity index (χ0v) is 9.78. The van der Waals surface area contributed by atoms with E-state index in [4.69, 9.17) is 5.73 Å². The largest absolute Gasteiger partial charge is 0.399 e. The van der Waals surface area contributed by atoms with Crippen LogP contribution in [0.5, 0.6) is 0 Å². The molecule has 0 aliphatic heterocycles. The van der Waals surface area contributed by atoms with Gasteiger partial charge in [-0.2, -0.15) is 0 Å². The first-order valence-electron chi connectivity index (χ1n) is 6.25. The summed E-state index contributed by atoms with van der Waals surface area (Å²) in [5.74, 6) is 0. The quantitative estimate of drug-likeness (QED) is 0.740. The first-order valence-corrected chi connectivity index (χ1v) is 6.25. The molecule has 1 heterocycles. The zero-order valence-electron chi connectivity index (χ0n) is 9.78. The molecule has 0 spiro atoms. The van der Waals surface area contributed by atoms with Gasteiger partial charge in [0.05, 0.1) is 16.9 Å². The highest BCUT2D eigenvalue weighted by Gasteiger charge is 2.18. The van der Waals surface area contributed by atoms with Gasteiger partial charge in [0.2, 0.25) is 0 Å². The van der Waals surface area contributed by atoms with E-state index in [1.165, 1.54) is 19.3 Å². The minimum Gasteiger partial charge on any atom is -0.399 e. The van der Waals surface area contributed by atoms with Crippen molar-refractivity contribution in [3.05, 3.63) is 28.6 Å². The van der Waals surface area contributed by atoms with E-state index in [0.717, 1.165) is 18.4 Å². The third-order valence-electron chi connectivity index (χ3n) is 3.69. The van der Waals surface area contributed by atoms with Gasteiger partial charge in [-0.3, -0.25) is 14.6 Å². The number of H-pyrrole nitrogens is 1. The second-order valence-corrected chi connectivity index (χ2v) is 4.88. The third-order valence-corrected chi connectivity index (χ3v) is 3.69. The van der Waals surface area contributed by atoms with Gasteiger partial charge in [-0.25, -0.2) is 0 Å². The molecule has 17 heavy (non-hydrogen) atoms. The summed E-state index contributed by atoms with van der Waals surface area (Å²) >= 11 is 0. The first kappa shape index (κ1) is 10.4. The molecule has 0 radical (unpaired) electrons. The molecule has 0 atom stereocenters. The molecular weight excluding hydrogens is 214 g/mol. The summed E-state index contributed by atoms with van der Waals surface area (Å²) < 4.78 is 2.04. The fraction of sp³-hybridized carbons (Fsp3) is 0.462. The van der Waals surface area contributed by atoms with E-state index in [9.17, 15) is 4.79 Å². The highest BCUT2D eigenvalue weighted by atomic mass is 16.1. The van der Waals surface area contributed by atoms with Gasteiger partial charge in [-0.05, 0) is 31.0 Å². The van der Waals surface area contributed by atoms with Crippen molar-refractivity contribution in [3.63, 3.8) is 0 Å². The van der Waals surface area contributed by atoms with Gasteiger partial charge in [-0.15, -0.1) is 0 Å². The average molecular weight is 231 g/mol. The smallest absolute Gasteiger partial charge is 0.272 e. The molecule has 1 aliphatic rings. The number of anilines is 1. The van der Waals surface area contributed by atoms with E-state index in [-0.39, 0.29) is 5.56 Å². The monoisotopic (exact) mass is 231 g/mol. The summed E-state index contributed by atoms with van der Waals surface area (Å²) in [7, 11) is 0. The fourth-order valence-electron chi connectivity index (χ4n) is 2.80. The lowest BCUT2D eigenvalue weighted by Crippen LogP contribution is -2.16. The topological polar surface area (TPSA) is 63.8 Å². The van der Waals surface area contributed by atoms with Crippen LogP contribution in [0.15, 0.2) is 23.0 Å². The highest BCUT2D eigenvalue weighted by molar-refractivity contribution is 5.81. The van der Waals surface area contributed by atoms with Crippen molar-refractivity contribution in [2.45, 2.75) is 38.1 Å². The number of nitrogens with two attached hydrogens (primary N) is 1. The normalized spacial score (nSPS) is 17.6. The predicted octanol–water partition coefficient (Wildman–Crippen LogP) is 2.42. The minimum atomic E-state index is -0.0297. The number of hydrogen-bond acceptors (Lipinski definition) is 2. The second-order valence-electron chi connectivity index (χ2n) is 4.88. The molecular formula is C13H17N3O. The Hall–Kier alpha value is -1.71. The number of aromatic nitrogens is 2. The lowest BCUT2D eigenvalue weighted by atomic mass is 9.95. The van der Waals surface area contributed by atoms with Gasteiger partial charge in [0.15, 0.2) is 0 Å². The molecule has 0 amide bonds. The molecule has 0 bridgehead atoms. The van der Waals surface area contributed by atoms with Crippen LogP contribution >= 0.6 is 0 Å². The van der Waals surface area contributed by atoms with Gasteiger partial charge >= 0.3 is 0 Å². The lowest BCUT2D eigenvalue weighted by Gasteiger charge is -2.23. The Balaban J connectivity index is 2.13. The van der Waals surface area contributed by atoms with Crippen molar-refractivity contribution in [1.29, 1.82) is 0 Å². The summed E-state index contributed by atoms with van der Waals surface area (Å²) in [6.45, 7) is 0. The number of nitrogens with zero attached hydrogens (tertiary/aromatic N) is 1. The number of aromatic amines is 1. The van der Waals surface area contributed by atoms with Crippen molar-refractivity contribution in [2.24, 2.45) is 0 Å². The van der Waals surface area contributed by atoms with Crippen LogP contribution in [0.4, 0.5) is 5.69 Å². The van der Waals surface area contributed by atoms with Crippen molar-refractivity contribution >= 4 is 16.6 Å². The van der Waals surface area contributed by atoms with Crippen molar-refractivity contribution in [1.82, 2.24) is 9.78 Å². The summed E-state index contributed by atoms with van der Waals surface area (Å²) in [4.78, 5) is 11.9. The Morgan fingerprint density at radius 3 is 2.76 bits per heavy atom. The zero-order chi connectivity index (χ0) is 11.8. The van der Waals surface area contributed by atoms with E-state index in [2.05, 4.69) is 5.10 Å².